The van der Waals surface area contributed by atoms with Crippen molar-refractivity contribution in [2.75, 3.05) is 18.8 Å². The fraction of sp³-hybridized carbons (Fsp3) is 0.538. The predicted molar refractivity (Wildman–Crippen MR) is 74.8 cm³/mol. The minimum Gasteiger partial charge on any atom is -0.317 e. The second-order valence-corrected chi connectivity index (χ2v) is 6.26. The van der Waals surface area contributed by atoms with Crippen LogP contribution in [0.15, 0.2) is 24.3 Å². The number of benzene rings is 1. The van der Waals surface area contributed by atoms with Crippen LogP contribution in [0.2, 0.25) is 0 Å². The van der Waals surface area contributed by atoms with Crippen LogP contribution in [0.3, 0.4) is 0 Å². The summed E-state index contributed by atoms with van der Waals surface area (Å²) in [5.41, 5.74) is 0.357. The lowest BCUT2D eigenvalue weighted by atomic mass is 10.2. The SMILES string of the molecule is CCCNCCCS(=O)(=O)NCc1ccccc1F. The number of nitrogens with one attached hydrogen (secondary N) is 2. The lowest BCUT2D eigenvalue weighted by Crippen LogP contribution is -2.28. The highest BCUT2D eigenvalue weighted by molar-refractivity contribution is 7.89. The maximum atomic E-state index is 13.3. The fourth-order valence-corrected chi connectivity index (χ4v) is 2.63. The van der Waals surface area contributed by atoms with E-state index in [1.165, 1.54) is 6.07 Å². The zero-order chi connectivity index (χ0) is 14.1. The molecule has 1 aromatic carbocycles. The molecule has 4 nitrogen and oxygen atoms in total. The number of rotatable bonds is 9. The summed E-state index contributed by atoms with van der Waals surface area (Å²) in [7, 11) is -3.34. The van der Waals surface area contributed by atoms with Crippen LogP contribution in [-0.2, 0) is 16.6 Å². The van der Waals surface area contributed by atoms with Crippen LogP contribution in [0.25, 0.3) is 0 Å². The molecule has 0 radical (unpaired) electrons. The molecule has 0 amide bonds. The summed E-state index contributed by atoms with van der Waals surface area (Å²) < 4.78 is 39.1. The van der Waals surface area contributed by atoms with Gasteiger partial charge in [0.1, 0.15) is 5.82 Å². The first kappa shape index (κ1) is 16.1. The summed E-state index contributed by atoms with van der Waals surface area (Å²) in [5, 5.41) is 3.14. The summed E-state index contributed by atoms with van der Waals surface area (Å²) in [5.74, 6) is -0.340. The fourth-order valence-electron chi connectivity index (χ4n) is 1.59. The average Bonchev–Trinajstić information content (AvgIpc) is 2.37. The Morgan fingerprint density at radius 1 is 1.21 bits per heavy atom. The molecular weight excluding hydrogens is 267 g/mol. The van der Waals surface area contributed by atoms with Gasteiger partial charge >= 0.3 is 0 Å². The monoisotopic (exact) mass is 288 g/mol. The van der Waals surface area contributed by atoms with E-state index in [-0.39, 0.29) is 12.3 Å². The van der Waals surface area contributed by atoms with Gasteiger partial charge in [-0.25, -0.2) is 17.5 Å². The molecule has 0 unspecified atom stereocenters. The lowest BCUT2D eigenvalue weighted by Gasteiger charge is -2.08. The van der Waals surface area contributed by atoms with Crippen LogP contribution in [0.4, 0.5) is 4.39 Å². The molecule has 0 aliphatic rings. The van der Waals surface area contributed by atoms with Crippen LogP contribution >= 0.6 is 0 Å². The van der Waals surface area contributed by atoms with E-state index in [1.807, 2.05) is 0 Å². The van der Waals surface area contributed by atoms with E-state index >= 15 is 0 Å². The van der Waals surface area contributed by atoms with E-state index in [9.17, 15) is 12.8 Å². The largest absolute Gasteiger partial charge is 0.317 e. The Kier molecular flexibility index (Phi) is 6.97. The molecule has 0 saturated carbocycles. The summed E-state index contributed by atoms with van der Waals surface area (Å²) >= 11 is 0. The number of hydrogen-bond acceptors (Lipinski definition) is 3. The molecule has 1 aromatic rings. The summed E-state index contributed by atoms with van der Waals surface area (Å²) in [6.45, 7) is 3.62. The van der Waals surface area contributed by atoms with Crippen molar-refractivity contribution < 1.29 is 12.8 Å². The van der Waals surface area contributed by atoms with Crippen LogP contribution in [0, 0.1) is 5.82 Å². The highest BCUT2D eigenvalue weighted by Crippen LogP contribution is 2.06. The Morgan fingerprint density at radius 3 is 2.63 bits per heavy atom. The first-order valence-corrected chi connectivity index (χ1v) is 8.12. The average molecular weight is 288 g/mol. The predicted octanol–water partition coefficient (Wildman–Crippen LogP) is 1.63. The number of sulfonamides is 1. The van der Waals surface area contributed by atoms with Crippen LogP contribution in [-0.4, -0.2) is 27.3 Å². The molecule has 0 spiro atoms. The molecule has 108 valence electrons. The molecule has 0 aliphatic carbocycles. The Hall–Kier alpha value is -0.980. The first-order chi connectivity index (χ1) is 9.05. The zero-order valence-corrected chi connectivity index (χ0v) is 12.0. The summed E-state index contributed by atoms with van der Waals surface area (Å²) in [4.78, 5) is 0. The van der Waals surface area contributed by atoms with Crippen LogP contribution in [0.1, 0.15) is 25.3 Å². The smallest absolute Gasteiger partial charge is 0.211 e. The van der Waals surface area contributed by atoms with Crippen molar-refractivity contribution in [1.29, 1.82) is 0 Å². The molecule has 0 aliphatic heterocycles. The highest BCUT2D eigenvalue weighted by atomic mass is 32.2. The molecule has 19 heavy (non-hydrogen) atoms. The van der Waals surface area contributed by atoms with Gasteiger partial charge in [0, 0.05) is 12.1 Å². The van der Waals surface area contributed by atoms with Gasteiger partial charge in [-0.15, -0.1) is 0 Å². The van der Waals surface area contributed by atoms with E-state index in [4.69, 9.17) is 0 Å². The van der Waals surface area contributed by atoms with E-state index in [0.29, 0.717) is 18.5 Å². The van der Waals surface area contributed by atoms with Gasteiger partial charge in [-0.1, -0.05) is 25.1 Å². The van der Waals surface area contributed by atoms with E-state index in [0.717, 1.165) is 13.0 Å². The van der Waals surface area contributed by atoms with Crippen molar-refractivity contribution in [1.82, 2.24) is 10.0 Å². The molecule has 0 aromatic heterocycles. The summed E-state index contributed by atoms with van der Waals surface area (Å²) in [6.07, 6.45) is 1.57. The Bertz CT molecular complexity index is 477. The molecule has 2 N–H and O–H groups in total. The molecule has 1 rings (SSSR count). The lowest BCUT2D eigenvalue weighted by molar-refractivity contribution is 0.568. The highest BCUT2D eigenvalue weighted by Gasteiger charge is 2.10. The first-order valence-electron chi connectivity index (χ1n) is 6.46. The quantitative estimate of drug-likeness (QED) is 0.679. The van der Waals surface area contributed by atoms with Gasteiger partial charge in [0.25, 0.3) is 0 Å². The molecule has 0 atom stereocenters. The third-order valence-electron chi connectivity index (χ3n) is 2.63. The van der Waals surface area contributed by atoms with Gasteiger partial charge in [0.2, 0.25) is 10.0 Å². The summed E-state index contributed by atoms with van der Waals surface area (Å²) in [6, 6.07) is 6.15. The van der Waals surface area contributed by atoms with Gasteiger partial charge in [-0.2, -0.15) is 0 Å². The van der Waals surface area contributed by atoms with E-state index < -0.39 is 15.8 Å². The standard InChI is InChI=1S/C13H21FN2O2S/c1-2-8-15-9-5-10-19(17,18)16-11-12-6-3-4-7-13(12)14/h3-4,6-7,15-16H,2,5,8-11H2,1H3. The number of hydrogen-bond donors (Lipinski definition) is 2. The zero-order valence-electron chi connectivity index (χ0n) is 11.2. The second kappa shape index (κ2) is 8.24. The van der Waals surface area contributed by atoms with Crippen molar-refractivity contribution in [3.05, 3.63) is 35.6 Å². The molecule has 0 saturated heterocycles. The molecule has 0 heterocycles. The van der Waals surface area contributed by atoms with Gasteiger partial charge in [0.05, 0.1) is 5.75 Å². The Labute approximate surface area is 114 Å². The molecular formula is C13H21FN2O2S. The normalized spacial score (nSPS) is 11.7. The van der Waals surface area contributed by atoms with E-state index in [1.54, 1.807) is 18.2 Å². The Balaban J connectivity index is 2.33. The molecule has 0 bridgehead atoms. The maximum Gasteiger partial charge on any atom is 0.211 e. The van der Waals surface area contributed by atoms with Crippen LogP contribution < -0.4 is 10.0 Å². The van der Waals surface area contributed by atoms with Crippen molar-refractivity contribution in [3.63, 3.8) is 0 Å². The molecule has 6 heteroatoms. The van der Waals surface area contributed by atoms with Crippen molar-refractivity contribution in [2.24, 2.45) is 0 Å². The minimum absolute atomic E-state index is 0.00258. The molecule has 0 fully saturated rings. The topological polar surface area (TPSA) is 58.2 Å². The van der Waals surface area contributed by atoms with Gasteiger partial charge in [0.15, 0.2) is 0 Å². The van der Waals surface area contributed by atoms with Crippen molar-refractivity contribution >= 4 is 10.0 Å². The van der Waals surface area contributed by atoms with Crippen molar-refractivity contribution in [2.45, 2.75) is 26.3 Å². The Morgan fingerprint density at radius 2 is 1.95 bits per heavy atom. The van der Waals surface area contributed by atoms with Crippen LogP contribution in [0.5, 0.6) is 0 Å². The van der Waals surface area contributed by atoms with Crippen molar-refractivity contribution in [3.8, 4) is 0 Å². The maximum absolute atomic E-state index is 13.3. The third-order valence-corrected chi connectivity index (χ3v) is 4.04. The number of halogens is 1. The van der Waals surface area contributed by atoms with Gasteiger partial charge in [-0.3, -0.25) is 0 Å². The van der Waals surface area contributed by atoms with E-state index in [2.05, 4.69) is 17.0 Å². The third kappa shape index (κ3) is 6.66. The van der Waals surface area contributed by atoms with Gasteiger partial charge < -0.3 is 5.32 Å². The van der Waals surface area contributed by atoms with Gasteiger partial charge in [-0.05, 0) is 32.0 Å². The second-order valence-electron chi connectivity index (χ2n) is 4.33. The minimum atomic E-state index is -3.34.